The zero-order chi connectivity index (χ0) is 15.7. The Balaban J connectivity index is 3.50. The average molecular weight is 291 g/mol. The number of carbonyl (C=O) groups is 2. The number of halogens is 3. The summed E-state index contributed by atoms with van der Waals surface area (Å²) in [5, 5.41) is 0. The monoisotopic (exact) mass is 291 g/mol. The molecule has 0 unspecified atom stereocenters. The van der Waals surface area contributed by atoms with E-state index in [4.69, 9.17) is 5.73 Å². The fourth-order valence-corrected chi connectivity index (χ4v) is 1.45. The number of nitrogens with two attached hydrogens (primary N) is 1. The molecular weight excluding hydrogens is 279 g/mol. The summed E-state index contributed by atoms with van der Waals surface area (Å²) in [7, 11) is 2.66. The van der Waals surface area contributed by atoms with Gasteiger partial charge in [-0.2, -0.15) is 13.2 Å². The lowest BCUT2D eigenvalue weighted by molar-refractivity contribution is -0.145. The van der Waals surface area contributed by atoms with Crippen molar-refractivity contribution in [2.45, 2.75) is 12.7 Å². The van der Waals surface area contributed by atoms with Crippen molar-refractivity contribution >= 4 is 11.8 Å². The van der Waals surface area contributed by atoms with Crippen molar-refractivity contribution < 1.29 is 22.8 Å². The highest BCUT2D eigenvalue weighted by Crippen LogP contribution is 2.28. The molecule has 0 fully saturated rings. The minimum Gasteiger partial charge on any atom is -0.365 e. The lowest BCUT2D eigenvalue weighted by Gasteiger charge is -2.17. The number of hydrogen-bond acceptors (Lipinski definition) is 3. The topological polar surface area (TPSA) is 85.4 Å². The van der Waals surface area contributed by atoms with Crippen molar-refractivity contribution in [3.05, 3.63) is 33.7 Å². The van der Waals surface area contributed by atoms with Crippen molar-refractivity contribution in [2.24, 2.45) is 5.73 Å². The summed E-state index contributed by atoms with van der Waals surface area (Å²) in [5.74, 6) is -1.88. The van der Waals surface area contributed by atoms with E-state index in [1.807, 2.05) is 0 Å². The van der Waals surface area contributed by atoms with Gasteiger partial charge in [-0.15, -0.1) is 0 Å². The van der Waals surface area contributed by atoms with Gasteiger partial charge in [0.05, 0.1) is 0 Å². The van der Waals surface area contributed by atoms with Gasteiger partial charge in [0, 0.05) is 14.1 Å². The van der Waals surface area contributed by atoms with Gasteiger partial charge in [0.25, 0.3) is 11.5 Å². The van der Waals surface area contributed by atoms with Crippen LogP contribution in [-0.2, 0) is 17.5 Å². The maximum Gasteiger partial charge on any atom is 0.431 e. The molecule has 0 atom stereocenters. The van der Waals surface area contributed by atoms with Gasteiger partial charge < -0.3 is 10.6 Å². The number of nitrogens with zero attached hydrogens (tertiary/aromatic N) is 2. The van der Waals surface area contributed by atoms with Crippen LogP contribution in [0.15, 0.2) is 16.9 Å². The molecular formula is C11H12F3N3O3. The van der Waals surface area contributed by atoms with Crippen LogP contribution in [0, 0.1) is 0 Å². The largest absolute Gasteiger partial charge is 0.431 e. The van der Waals surface area contributed by atoms with Gasteiger partial charge >= 0.3 is 6.18 Å². The van der Waals surface area contributed by atoms with Crippen LogP contribution in [-0.4, -0.2) is 35.4 Å². The summed E-state index contributed by atoms with van der Waals surface area (Å²) in [5.41, 5.74) is 1.73. The van der Waals surface area contributed by atoms with Crippen LogP contribution in [0.25, 0.3) is 0 Å². The Morgan fingerprint density at radius 3 is 2.25 bits per heavy atom. The number of carbonyl (C=O) groups excluding carboxylic acids is 2. The number of hydrogen-bond donors (Lipinski definition) is 1. The number of aromatic nitrogens is 1. The Morgan fingerprint density at radius 1 is 1.30 bits per heavy atom. The number of rotatable bonds is 3. The third kappa shape index (κ3) is 3.16. The first-order valence-electron chi connectivity index (χ1n) is 5.36. The van der Waals surface area contributed by atoms with E-state index in [0.29, 0.717) is 12.1 Å². The van der Waals surface area contributed by atoms with Crippen LogP contribution in [0.4, 0.5) is 13.2 Å². The SMILES string of the molecule is CN(C)C(=O)Cn1c(C(F)(F)F)ccc(C(N)=O)c1=O. The van der Waals surface area contributed by atoms with E-state index in [1.54, 1.807) is 0 Å². The van der Waals surface area contributed by atoms with E-state index < -0.39 is 41.4 Å². The van der Waals surface area contributed by atoms with E-state index in [-0.39, 0.29) is 4.57 Å². The second-order valence-electron chi connectivity index (χ2n) is 4.17. The molecule has 0 aliphatic heterocycles. The fourth-order valence-electron chi connectivity index (χ4n) is 1.45. The lowest BCUT2D eigenvalue weighted by atomic mass is 10.2. The summed E-state index contributed by atoms with van der Waals surface area (Å²) in [4.78, 5) is 35.4. The van der Waals surface area contributed by atoms with E-state index >= 15 is 0 Å². The van der Waals surface area contributed by atoms with Crippen LogP contribution < -0.4 is 11.3 Å². The maximum absolute atomic E-state index is 12.8. The maximum atomic E-state index is 12.8. The summed E-state index contributed by atoms with van der Waals surface area (Å²) < 4.78 is 38.6. The molecule has 110 valence electrons. The van der Waals surface area contributed by atoms with E-state index in [0.717, 1.165) is 4.90 Å². The van der Waals surface area contributed by atoms with Crippen molar-refractivity contribution in [1.29, 1.82) is 0 Å². The fraction of sp³-hybridized carbons (Fsp3) is 0.364. The normalized spacial score (nSPS) is 11.2. The Morgan fingerprint density at radius 2 is 1.85 bits per heavy atom. The summed E-state index contributed by atoms with van der Waals surface area (Å²) in [6.45, 7) is -0.832. The molecule has 2 N–H and O–H groups in total. The Hall–Kier alpha value is -2.32. The molecule has 1 aromatic rings. The van der Waals surface area contributed by atoms with E-state index in [2.05, 4.69) is 0 Å². The molecule has 0 aliphatic carbocycles. The molecule has 1 heterocycles. The molecule has 0 spiro atoms. The number of amides is 2. The van der Waals surface area contributed by atoms with Crippen molar-refractivity contribution in [3.63, 3.8) is 0 Å². The van der Waals surface area contributed by atoms with Crippen molar-refractivity contribution in [2.75, 3.05) is 14.1 Å². The minimum atomic E-state index is -4.83. The minimum absolute atomic E-state index is 0.197. The van der Waals surface area contributed by atoms with Crippen LogP contribution in [0.2, 0.25) is 0 Å². The van der Waals surface area contributed by atoms with Gasteiger partial charge in [-0.05, 0) is 12.1 Å². The quantitative estimate of drug-likeness (QED) is 0.854. The molecule has 2 amide bonds. The highest BCUT2D eigenvalue weighted by molar-refractivity contribution is 5.92. The van der Waals surface area contributed by atoms with Crippen LogP contribution in [0.3, 0.4) is 0 Å². The van der Waals surface area contributed by atoms with Gasteiger partial charge in [-0.3, -0.25) is 19.0 Å². The van der Waals surface area contributed by atoms with Gasteiger partial charge in [0.1, 0.15) is 17.8 Å². The second-order valence-corrected chi connectivity index (χ2v) is 4.17. The first-order chi connectivity index (χ1) is 9.05. The van der Waals surface area contributed by atoms with Crippen molar-refractivity contribution in [3.8, 4) is 0 Å². The molecule has 0 aromatic carbocycles. The van der Waals surface area contributed by atoms with Crippen molar-refractivity contribution in [1.82, 2.24) is 9.47 Å². The zero-order valence-electron chi connectivity index (χ0n) is 10.7. The Bertz CT molecular complexity index is 605. The molecule has 0 radical (unpaired) electrons. The average Bonchev–Trinajstić information content (AvgIpc) is 2.29. The first kappa shape index (κ1) is 15.7. The third-order valence-electron chi connectivity index (χ3n) is 2.52. The smallest absolute Gasteiger partial charge is 0.365 e. The number of pyridine rings is 1. The number of likely N-dealkylation sites (N-methyl/N-ethyl adjacent to an activating group) is 1. The first-order valence-corrected chi connectivity index (χ1v) is 5.36. The standard InChI is InChI=1S/C11H12F3N3O3/c1-16(2)8(18)5-17-7(11(12,13)14)4-3-6(9(15)19)10(17)20/h3-4H,5H2,1-2H3,(H2,15,19). The Kier molecular flexibility index (Phi) is 4.21. The molecule has 0 aliphatic rings. The Labute approximate surface area is 111 Å². The molecule has 9 heteroatoms. The number of primary amides is 1. The lowest BCUT2D eigenvalue weighted by Crippen LogP contribution is -2.38. The summed E-state index contributed by atoms with van der Waals surface area (Å²) in [6, 6.07) is 1.24. The molecule has 1 rings (SSSR count). The third-order valence-corrected chi connectivity index (χ3v) is 2.52. The molecule has 1 aromatic heterocycles. The number of alkyl halides is 3. The molecule has 6 nitrogen and oxygen atoms in total. The van der Waals surface area contributed by atoms with E-state index in [1.165, 1.54) is 14.1 Å². The second kappa shape index (κ2) is 5.35. The van der Waals surface area contributed by atoms with Crippen LogP contribution >= 0.6 is 0 Å². The highest BCUT2D eigenvalue weighted by atomic mass is 19.4. The molecule has 0 saturated carbocycles. The predicted molar refractivity (Wildman–Crippen MR) is 62.9 cm³/mol. The summed E-state index contributed by atoms with van der Waals surface area (Å²) >= 11 is 0. The molecule has 0 bridgehead atoms. The molecule has 20 heavy (non-hydrogen) atoms. The van der Waals surface area contributed by atoms with Gasteiger partial charge in [-0.1, -0.05) is 0 Å². The predicted octanol–water partition coefficient (Wildman–Crippen LogP) is 0.0542. The van der Waals surface area contributed by atoms with Gasteiger partial charge in [0.15, 0.2) is 0 Å². The van der Waals surface area contributed by atoms with Crippen LogP contribution in [0.1, 0.15) is 16.1 Å². The van der Waals surface area contributed by atoms with Gasteiger partial charge in [0.2, 0.25) is 5.91 Å². The molecule has 0 saturated heterocycles. The zero-order valence-corrected chi connectivity index (χ0v) is 10.7. The highest BCUT2D eigenvalue weighted by Gasteiger charge is 2.35. The summed E-state index contributed by atoms with van der Waals surface area (Å²) in [6.07, 6.45) is -4.83. The van der Waals surface area contributed by atoms with E-state index in [9.17, 15) is 27.6 Å². The van der Waals surface area contributed by atoms with Gasteiger partial charge in [-0.25, -0.2) is 0 Å². The van der Waals surface area contributed by atoms with Crippen LogP contribution in [0.5, 0.6) is 0 Å².